The number of pyridine rings is 1. The highest BCUT2D eigenvalue weighted by Crippen LogP contribution is 2.31. The van der Waals surface area contributed by atoms with Gasteiger partial charge in [0.15, 0.2) is 11.5 Å². The number of benzene rings is 2. The van der Waals surface area contributed by atoms with Gasteiger partial charge >= 0.3 is 0 Å². The van der Waals surface area contributed by atoms with E-state index >= 15 is 0 Å². The van der Waals surface area contributed by atoms with E-state index in [0.29, 0.717) is 23.8 Å². The van der Waals surface area contributed by atoms with Gasteiger partial charge in [0.05, 0.1) is 23.3 Å². The number of nitrogens with zero attached hydrogens (tertiary/aromatic N) is 4. The number of hydrogen-bond acceptors (Lipinski definition) is 6. The van der Waals surface area contributed by atoms with Gasteiger partial charge in [-0.2, -0.15) is 5.10 Å². The topological polar surface area (TPSA) is 61.0 Å². The summed E-state index contributed by atoms with van der Waals surface area (Å²) in [5.74, 6) is 1.15. The molecule has 0 unspecified atom stereocenters. The number of rotatable bonds is 4. The Morgan fingerprint density at radius 1 is 1.06 bits per heavy atom. The zero-order chi connectivity index (χ0) is 21.9. The standard InChI is InChI=1S/C24H19FN4O2S/c1-16(18-6-9-22-23(13-18)31-12-11-30-22)28-29-21(17-4-7-19(25)8-5-17)15-32-24(29)27-20-3-2-10-26-14-20/h2-10,13-15H,11-12H2,1H3. The third-order valence-electron chi connectivity index (χ3n) is 4.91. The minimum absolute atomic E-state index is 0.285. The molecule has 0 atom stereocenters. The average Bonchev–Trinajstić information content (AvgIpc) is 3.21. The molecule has 1 aliphatic rings. The van der Waals surface area contributed by atoms with Gasteiger partial charge in [-0.05, 0) is 61.5 Å². The van der Waals surface area contributed by atoms with E-state index in [1.54, 1.807) is 29.2 Å². The zero-order valence-corrected chi connectivity index (χ0v) is 18.1. The van der Waals surface area contributed by atoms with Gasteiger partial charge in [0.25, 0.3) is 0 Å². The van der Waals surface area contributed by atoms with Gasteiger partial charge in [0.1, 0.15) is 19.0 Å². The molecule has 0 radical (unpaired) electrons. The third-order valence-corrected chi connectivity index (χ3v) is 5.72. The molecule has 0 fully saturated rings. The zero-order valence-electron chi connectivity index (χ0n) is 17.2. The molecule has 3 heterocycles. The molecular weight excluding hydrogens is 427 g/mol. The Morgan fingerprint density at radius 3 is 2.66 bits per heavy atom. The summed E-state index contributed by atoms with van der Waals surface area (Å²) in [4.78, 5) is 9.52. The second kappa shape index (κ2) is 8.76. The molecule has 2 aromatic carbocycles. The van der Waals surface area contributed by atoms with Crippen molar-refractivity contribution in [2.24, 2.45) is 10.1 Å². The smallest absolute Gasteiger partial charge is 0.211 e. The van der Waals surface area contributed by atoms with Gasteiger partial charge < -0.3 is 9.47 Å². The molecule has 1 aliphatic heterocycles. The number of halogens is 1. The molecular formula is C24H19FN4O2S. The van der Waals surface area contributed by atoms with Crippen molar-refractivity contribution in [3.05, 3.63) is 88.6 Å². The van der Waals surface area contributed by atoms with Gasteiger partial charge in [-0.3, -0.25) is 4.98 Å². The summed E-state index contributed by atoms with van der Waals surface area (Å²) in [6.07, 6.45) is 3.40. The van der Waals surface area contributed by atoms with Crippen LogP contribution >= 0.6 is 11.3 Å². The Bertz CT molecular complexity index is 1340. The quantitative estimate of drug-likeness (QED) is 0.413. The normalized spacial score (nSPS) is 13.9. The van der Waals surface area contributed by atoms with E-state index in [9.17, 15) is 4.39 Å². The number of fused-ring (bicyclic) bond motifs is 1. The molecule has 0 saturated carbocycles. The lowest BCUT2D eigenvalue weighted by molar-refractivity contribution is 0.171. The first-order chi connectivity index (χ1) is 15.7. The maximum absolute atomic E-state index is 13.5. The van der Waals surface area contributed by atoms with Crippen LogP contribution in [-0.2, 0) is 0 Å². The van der Waals surface area contributed by atoms with Crippen molar-refractivity contribution in [3.63, 3.8) is 0 Å². The third kappa shape index (κ3) is 4.17. The summed E-state index contributed by atoms with van der Waals surface area (Å²) in [7, 11) is 0. The van der Waals surface area contributed by atoms with E-state index in [0.717, 1.165) is 34.0 Å². The molecule has 6 nitrogen and oxygen atoms in total. The van der Waals surface area contributed by atoms with Crippen LogP contribution in [0.2, 0.25) is 0 Å². The Morgan fingerprint density at radius 2 is 1.88 bits per heavy atom. The van der Waals surface area contributed by atoms with Gasteiger partial charge in [0, 0.05) is 22.7 Å². The fourth-order valence-electron chi connectivity index (χ4n) is 3.30. The molecule has 8 heteroatoms. The van der Waals surface area contributed by atoms with Gasteiger partial charge in [-0.25, -0.2) is 14.1 Å². The van der Waals surface area contributed by atoms with Crippen molar-refractivity contribution in [1.29, 1.82) is 0 Å². The summed E-state index contributed by atoms with van der Waals surface area (Å²) in [5.41, 5.74) is 4.06. The highest BCUT2D eigenvalue weighted by molar-refractivity contribution is 7.07. The average molecular weight is 447 g/mol. The lowest BCUT2D eigenvalue weighted by Gasteiger charge is -2.18. The van der Waals surface area contributed by atoms with Crippen LogP contribution in [0, 0.1) is 5.82 Å². The lowest BCUT2D eigenvalue weighted by Crippen LogP contribution is -2.16. The van der Waals surface area contributed by atoms with E-state index in [4.69, 9.17) is 19.6 Å². The summed E-state index contributed by atoms with van der Waals surface area (Å²) in [6.45, 7) is 3.00. The fourth-order valence-corrected chi connectivity index (χ4v) is 4.15. The van der Waals surface area contributed by atoms with E-state index in [1.165, 1.54) is 23.5 Å². The summed E-state index contributed by atoms with van der Waals surface area (Å²) < 4.78 is 26.6. The van der Waals surface area contributed by atoms with Crippen LogP contribution in [0.15, 0.2) is 82.5 Å². The summed E-state index contributed by atoms with van der Waals surface area (Å²) >= 11 is 1.45. The highest BCUT2D eigenvalue weighted by Gasteiger charge is 2.14. The Hall–Kier alpha value is -3.78. The Kier molecular flexibility index (Phi) is 5.51. The molecule has 4 aromatic rings. The largest absolute Gasteiger partial charge is 0.486 e. The van der Waals surface area contributed by atoms with Crippen molar-refractivity contribution in [2.45, 2.75) is 6.92 Å². The molecule has 0 saturated heterocycles. The number of hydrogen-bond donors (Lipinski definition) is 0. The molecule has 5 rings (SSSR count). The molecule has 160 valence electrons. The van der Waals surface area contributed by atoms with Crippen LogP contribution in [-0.4, -0.2) is 28.6 Å². The first-order valence-corrected chi connectivity index (χ1v) is 10.9. The number of thiazole rings is 1. The summed E-state index contributed by atoms with van der Waals surface area (Å²) in [5, 5.41) is 6.83. The van der Waals surface area contributed by atoms with Crippen LogP contribution in [0.1, 0.15) is 12.5 Å². The molecule has 0 spiro atoms. The van der Waals surface area contributed by atoms with Crippen molar-refractivity contribution >= 4 is 22.7 Å². The van der Waals surface area contributed by atoms with Crippen molar-refractivity contribution in [1.82, 2.24) is 9.66 Å². The molecule has 0 aliphatic carbocycles. The monoisotopic (exact) mass is 446 g/mol. The van der Waals surface area contributed by atoms with E-state index < -0.39 is 0 Å². The maximum atomic E-state index is 13.5. The summed E-state index contributed by atoms with van der Waals surface area (Å²) in [6, 6.07) is 15.8. The Balaban J connectivity index is 1.63. The molecule has 2 aromatic heterocycles. The van der Waals surface area contributed by atoms with Crippen LogP contribution in [0.4, 0.5) is 10.1 Å². The van der Waals surface area contributed by atoms with Crippen molar-refractivity contribution in [3.8, 4) is 22.8 Å². The van der Waals surface area contributed by atoms with Crippen molar-refractivity contribution in [2.75, 3.05) is 13.2 Å². The first kappa shape index (κ1) is 20.1. The van der Waals surface area contributed by atoms with Crippen molar-refractivity contribution < 1.29 is 13.9 Å². The first-order valence-electron chi connectivity index (χ1n) is 10.0. The molecule has 0 N–H and O–H groups in total. The Labute approximate surface area is 187 Å². The van der Waals surface area contributed by atoms with E-state index in [1.807, 2.05) is 42.6 Å². The molecule has 0 amide bonds. The minimum atomic E-state index is -0.285. The predicted molar refractivity (Wildman–Crippen MR) is 122 cm³/mol. The minimum Gasteiger partial charge on any atom is -0.486 e. The SMILES string of the molecule is CC(=Nn1c(-c2ccc(F)cc2)csc1=Nc1cccnc1)c1ccc2c(c1)OCCO2. The lowest BCUT2D eigenvalue weighted by atomic mass is 10.1. The van der Waals surface area contributed by atoms with E-state index in [-0.39, 0.29) is 5.82 Å². The van der Waals surface area contributed by atoms with Gasteiger partial charge in [0.2, 0.25) is 4.80 Å². The second-order valence-electron chi connectivity index (χ2n) is 7.09. The molecule has 0 bridgehead atoms. The van der Waals surface area contributed by atoms with Crippen LogP contribution in [0.3, 0.4) is 0 Å². The van der Waals surface area contributed by atoms with Crippen LogP contribution < -0.4 is 14.3 Å². The van der Waals surface area contributed by atoms with Gasteiger partial charge in [-0.1, -0.05) is 0 Å². The van der Waals surface area contributed by atoms with Crippen LogP contribution in [0.5, 0.6) is 11.5 Å². The van der Waals surface area contributed by atoms with E-state index in [2.05, 4.69) is 4.98 Å². The van der Waals surface area contributed by atoms with Gasteiger partial charge in [-0.15, -0.1) is 11.3 Å². The highest BCUT2D eigenvalue weighted by atomic mass is 32.1. The predicted octanol–water partition coefficient (Wildman–Crippen LogP) is 5.03. The fraction of sp³-hybridized carbons (Fsp3) is 0.125. The second-order valence-corrected chi connectivity index (χ2v) is 7.93. The molecule has 32 heavy (non-hydrogen) atoms. The number of aromatic nitrogens is 2. The number of ether oxygens (including phenoxy) is 2. The van der Waals surface area contributed by atoms with Crippen LogP contribution in [0.25, 0.3) is 11.3 Å². The maximum Gasteiger partial charge on any atom is 0.211 e.